The fourth-order valence-electron chi connectivity index (χ4n) is 2.38. The highest BCUT2D eigenvalue weighted by Gasteiger charge is 2.15. The molecule has 1 atom stereocenters. The number of H-pyrrole nitrogens is 1. The van der Waals surface area contributed by atoms with Crippen LogP contribution >= 0.6 is 11.8 Å². The van der Waals surface area contributed by atoms with Crippen LogP contribution in [0.4, 0.5) is 11.8 Å². The molecule has 0 spiro atoms. The molecule has 2 aromatic heterocycles. The van der Waals surface area contributed by atoms with Crippen molar-refractivity contribution >= 4 is 34.7 Å². The number of rotatable bonds is 5. The highest BCUT2D eigenvalue weighted by Crippen LogP contribution is 2.26. The molecule has 2 aromatic rings. The fraction of sp³-hybridized carbons (Fsp3) is 0.615. The Kier molecular flexibility index (Phi) is 4.25. The number of aromatic amines is 1. The topological polar surface area (TPSA) is 78.5 Å². The fourth-order valence-corrected chi connectivity index (χ4v) is 3.62. The van der Waals surface area contributed by atoms with Crippen molar-refractivity contribution in [1.82, 2.24) is 19.9 Å². The predicted molar refractivity (Wildman–Crippen MR) is 84.4 cm³/mol. The average molecular weight is 292 g/mol. The Balaban J connectivity index is 1.76. The number of nitrogens with one attached hydrogen (secondary N) is 3. The number of aromatic nitrogens is 4. The molecule has 20 heavy (non-hydrogen) atoms. The Morgan fingerprint density at radius 2 is 2.30 bits per heavy atom. The summed E-state index contributed by atoms with van der Waals surface area (Å²) >= 11 is 2.06. The molecule has 0 aromatic carbocycles. The lowest BCUT2D eigenvalue weighted by atomic mass is 10.2. The van der Waals surface area contributed by atoms with Gasteiger partial charge in [0.05, 0.1) is 6.33 Å². The van der Waals surface area contributed by atoms with Crippen molar-refractivity contribution in [1.29, 1.82) is 0 Å². The summed E-state index contributed by atoms with van der Waals surface area (Å²) in [7, 11) is 0. The summed E-state index contributed by atoms with van der Waals surface area (Å²) in [5, 5.41) is 7.29. The molecule has 3 rings (SSSR count). The Hall–Kier alpha value is -1.50. The first-order valence-corrected chi connectivity index (χ1v) is 8.22. The quantitative estimate of drug-likeness (QED) is 0.786. The summed E-state index contributed by atoms with van der Waals surface area (Å²) in [6.07, 6.45) is 5.64. The van der Waals surface area contributed by atoms with E-state index in [2.05, 4.69) is 42.3 Å². The Morgan fingerprint density at radius 3 is 3.10 bits per heavy atom. The van der Waals surface area contributed by atoms with Crippen molar-refractivity contribution in [3.05, 3.63) is 6.33 Å². The summed E-state index contributed by atoms with van der Waals surface area (Å²) < 4.78 is 0. The van der Waals surface area contributed by atoms with Gasteiger partial charge in [0.1, 0.15) is 5.52 Å². The van der Waals surface area contributed by atoms with Crippen LogP contribution in [-0.4, -0.2) is 44.0 Å². The first-order chi connectivity index (χ1) is 9.86. The van der Waals surface area contributed by atoms with Gasteiger partial charge in [-0.15, -0.1) is 0 Å². The maximum Gasteiger partial charge on any atom is 0.226 e. The van der Waals surface area contributed by atoms with E-state index in [1.807, 2.05) is 6.92 Å². The highest BCUT2D eigenvalue weighted by atomic mass is 32.2. The van der Waals surface area contributed by atoms with Crippen LogP contribution in [0, 0.1) is 0 Å². The molecule has 1 saturated heterocycles. The molecule has 3 heterocycles. The predicted octanol–water partition coefficient (Wildman–Crippen LogP) is 2.48. The van der Waals surface area contributed by atoms with Crippen molar-refractivity contribution in [2.45, 2.75) is 31.4 Å². The van der Waals surface area contributed by atoms with E-state index in [0.717, 1.165) is 24.4 Å². The van der Waals surface area contributed by atoms with Gasteiger partial charge < -0.3 is 15.6 Å². The second-order valence-electron chi connectivity index (χ2n) is 4.90. The molecule has 1 aliphatic rings. The third-order valence-electron chi connectivity index (χ3n) is 3.39. The zero-order valence-corrected chi connectivity index (χ0v) is 12.5. The smallest absolute Gasteiger partial charge is 0.226 e. The summed E-state index contributed by atoms with van der Waals surface area (Å²) in [4.78, 5) is 16.2. The number of hydrogen-bond donors (Lipinski definition) is 3. The van der Waals surface area contributed by atoms with Gasteiger partial charge in [0.25, 0.3) is 0 Å². The molecule has 0 radical (unpaired) electrons. The van der Waals surface area contributed by atoms with Crippen LogP contribution in [0.3, 0.4) is 0 Å². The summed E-state index contributed by atoms with van der Waals surface area (Å²) in [6, 6.07) is 0. The van der Waals surface area contributed by atoms with Gasteiger partial charge in [0.15, 0.2) is 11.5 Å². The van der Waals surface area contributed by atoms with E-state index in [1.54, 1.807) is 6.33 Å². The molecular formula is C13H20N6S. The van der Waals surface area contributed by atoms with Crippen LogP contribution in [-0.2, 0) is 0 Å². The SMILES string of the molecule is CCNc1nc(NCC2CCCCS2)c2[nH]cnc2n1. The third kappa shape index (κ3) is 2.98. The number of nitrogens with zero attached hydrogens (tertiary/aromatic N) is 3. The molecule has 108 valence electrons. The Labute approximate surface area is 122 Å². The lowest BCUT2D eigenvalue weighted by molar-refractivity contribution is 0.677. The molecule has 0 aliphatic carbocycles. The van der Waals surface area contributed by atoms with Gasteiger partial charge in [0, 0.05) is 18.3 Å². The lowest BCUT2D eigenvalue weighted by Crippen LogP contribution is -2.21. The maximum atomic E-state index is 4.53. The van der Waals surface area contributed by atoms with Crippen LogP contribution in [0.15, 0.2) is 6.33 Å². The third-order valence-corrected chi connectivity index (χ3v) is 4.79. The van der Waals surface area contributed by atoms with Crippen LogP contribution in [0.1, 0.15) is 26.2 Å². The second-order valence-corrected chi connectivity index (χ2v) is 6.31. The van der Waals surface area contributed by atoms with Gasteiger partial charge in [-0.05, 0) is 25.5 Å². The average Bonchev–Trinajstić information content (AvgIpc) is 2.95. The normalized spacial score (nSPS) is 19.1. The summed E-state index contributed by atoms with van der Waals surface area (Å²) in [5.74, 6) is 2.75. The van der Waals surface area contributed by atoms with E-state index in [1.165, 1.54) is 25.0 Å². The van der Waals surface area contributed by atoms with Gasteiger partial charge in [-0.1, -0.05) is 6.42 Å². The van der Waals surface area contributed by atoms with E-state index in [4.69, 9.17) is 0 Å². The first-order valence-electron chi connectivity index (χ1n) is 7.17. The van der Waals surface area contributed by atoms with E-state index in [-0.39, 0.29) is 0 Å². The second kappa shape index (κ2) is 6.30. The highest BCUT2D eigenvalue weighted by molar-refractivity contribution is 7.99. The largest absolute Gasteiger partial charge is 0.367 e. The van der Waals surface area contributed by atoms with E-state index < -0.39 is 0 Å². The minimum absolute atomic E-state index is 0.630. The van der Waals surface area contributed by atoms with E-state index in [0.29, 0.717) is 16.8 Å². The van der Waals surface area contributed by atoms with Crippen molar-refractivity contribution in [2.75, 3.05) is 29.5 Å². The molecule has 0 amide bonds. The first kappa shape index (κ1) is 13.5. The molecule has 1 aliphatic heterocycles. The molecule has 1 unspecified atom stereocenters. The maximum absolute atomic E-state index is 4.53. The zero-order valence-electron chi connectivity index (χ0n) is 11.6. The Bertz CT molecular complexity index is 563. The van der Waals surface area contributed by atoms with E-state index >= 15 is 0 Å². The van der Waals surface area contributed by atoms with Crippen molar-refractivity contribution < 1.29 is 0 Å². The van der Waals surface area contributed by atoms with Crippen molar-refractivity contribution in [3.63, 3.8) is 0 Å². The zero-order chi connectivity index (χ0) is 13.8. The number of hydrogen-bond acceptors (Lipinski definition) is 6. The van der Waals surface area contributed by atoms with Gasteiger partial charge in [0.2, 0.25) is 5.95 Å². The lowest BCUT2D eigenvalue weighted by Gasteiger charge is -2.21. The minimum Gasteiger partial charge on any atom is -0.367 e. The minimum atomic E-state index is 0.630. The van der Waals surface area contributed by atoms with Crippen LogP contribution in [0.5, 0.6) is 0 Å². The molecule has 6 nitrogen and oxygen atoms in total. The monoisotopic (exact) mass is 292 g/mol. The molecule has 0 bridgehead atoms. The standard InChI is InChI=1S/C13H20N6S/c1-2-14-13-18-11(10-12(19-13)17-8-16-10)15-7-9-5-3-4-6-20-9/h8-9H,2-7H2,1H3,(H3,14,15,16,17,18,19). The number of fused-ring (bicyclic) bond motifs is 1. The molecule has 0 saturated carbocycles. The summed E-state index contributed by atoms with van der Waals surface area (Å²) in [5.41, 5.74) is 1.59. The van der Waals surface area contributed by atoms with Crippen LogP contribution < -0.4 is 10.6 Å². The van der Waals surface area contributed by atoms with Crippen LogP contribution in [0.25, 0.3) is 11.2 Å². The number of thioether (sulfide) groups is 1. The van der Waals surface area contributed by atoms with Crippen molar-refractivity contribution in [3.8, 4) is 0 Å². The van der Waals surface area contributed by atoms with Gasteiger partial charge in [-0.2, -0.15) is 21.7 Å². The van der Waals surface area contributed by atoms with Gasteiger partial charge >= 0.3 is 0 Å². The summed E-state index contributed by atoms with van der Waals surface area (Å²) in [6.45, 7) is 3.78. The number of imidazole rings is 1. The number of anilines is 2. The molecule has 7 heteroatoms. The molecule has 3 N–H and O–H groups in total. The molecule has 1 fully saturated rings. The van der Waals surface area contributed by atoms with E-state index in [9.17, 15) is 0 Å². The van der Waals surface area contributed by atoms with Gasteiger partial charge in [-0.3, -0.25) is 0 Å². The van der Waals surface area contributed by atoms with Gasteiger partial charge in [-0.25, -0.2) is 4.98 Å². The Morgan fingerprint density at radius 1 is 1.35 bits per heavy atom. The van der Waals surface area contributed by atoms with Crippen LogP contribution in [0.2, 0.25) is 0 Å². The molecular weight excluding hydrogens is 272 g/mol. The van der Waals surface area contributed by atoms with Crippen molar-refractivity contribution in [2.24, 2.45) is 0 Å².